The van der Waals surface area contributed by atoms with Crippen molar-refractivity contribution in [1.29, 1.82) is 0 Å². The molecule has 0 spiro atoms. The molecule has 0 aromatic heterocycles. The normalized spacial score (nSPS) is 12.5. The van der Waals surface area contributed by atoms with Crippen LogP contribution in [0.5, 0.6) is 0 Å². The molecule has 0 amide bonds. The van der Waals surface area contributed by atoms with Crippen LogP contribution in [0.3, 0.4) is 0 Å². The van der Waals surface area contributed by atoms with E-state index in [4.69, 9.17) is 0 Å². The minimum atomic E-state index is 0.989. The van der Waals surface area contributed by atoms with Crippen LogP contribution in [0.1, 0.15) is 22.3 Å². The number of benzene rings is 9. The molecule has 242 valence electrons. The average Bonchev–Trinajstić information content (AvgIpc) is 3.79. The van der Waals surface area contributed by atoms with Crippen LogP contribution >= 0.6 is 0 Å². The Morgan fingerprint density at radius 2 is 0.538 bits per heavy atom. The Hall–Kier alpha value is -6.50. The van der Waals surface area contributed by atoms with Crippen LogP contribution in [0.15, 0.2) is 182 Å². The van der Waals surface area contributed by atoms with Crippen LogP contribution in [0.2, 0.25) is 0 Å². The van der Waals surface area contributed by atoms with Crippen molar-refractivity contribution >= 4 is 21.5 Å². The summed E-state index contributed by atoms with van der Waals surface area (Å²) in [4.78, 5) is 0. The van der Waals surface area contributed by atoms with E-state index in [2.05, 4.69) is 182 Å². The van der Waals surface area contributed by atoms with E-state index in [9.17, 15) is 0 Å². The third kappa shape index (κ3) is 4.41. The van der Waals surface area contributed by atoms with Gasteiger partial charge in [0.15, 0.2) is 0 Å². The molecule has 0 unspecified atom stereocenters. The first-order chi connectivity index (χ1) is 25.8. The smallest absolute Gasteiger partial charge is 0.000729 e. The number of fused-ring (bicyclic) bond motifs is 8. The van der Waals surface area contributed by atoms with Gasteiger partial charge in [0.05, 0.1) is 0 Å². The highest BCUT2D eigenvalue weighted by molar-refractivity contribution is 6.21. The Balaban J connectivity index is 1.01. The molecule has 0 atom stereocenters. The lowest BCUT2D eigenvalue weighted by Gasteiger charge is -2.18. The molecule has 11 rings (SSSR count). The molecular formula is C52H34. The minimum Gasteiger partial charge on any atom is -0.0619 e. The first kappa shape index (κ1) is 29.3. The maximum Gasteiger partial charge on any atom is -0.000729 e. The summed E-state index contributed by atoms with van der Waals surface area (Å²) in [5.74, 6) is 0. The van der Waals surface area contributed by atoms with Gasteiger partial charge in [-0.15, -0.1) is 0 Å². The first-order valence-corrected chi connectivity index (χ1v) is 18.4. The van der Waals surface area contributed by atoms with Gasteiger partial charge in [0.2, 0.25) is 0 Å². The molecule has 0 heterocycles. The van der Waals surface area contributed by atoms with Gasteiger partial charge in [-0.3, -0.25) is 0 Å². The summed E-state index contributed by atoms with van der Waals surface area (Å²) in [5.41, 5.74) is 21.5. The van der Waals surface area contributed by atoms with Gasteiger partial charge in [-0.1, -0.05) is 182 Å². The third-order valence-electron chi connectivity index (χ3n) is 11.6. The largest absolute Gasteiger partial charge is 0.0619 e. The Morgan fingerprint density at radius 3 is 0.942 bits per heavy atom. The molecule has 52 heavy (non-hydrogen) atoms. The number of hydrogen-bond acceptors (Lipinski definition) is 0. The molecular weight excluding hydrogens is 625 g/mol. The highest BCUT2D eigenvalue weighted by Gasteiger charge is 2.23. The lowest BCUT2D eigenvalue weighted by Crippen LogP contribution is -1.92. The Kier molecular flexibility index (Phi) is 6.48. The van der Waals surface area contributed by atoms with Gasteiger partial charge in [0.25, 0.3) is 0 Å². The molecule has 0 saturated carbocycles. The Morgan fingerprint density at radius 1 is 0.231 bits per heavy atom. The van der Waals surface area contributed by atoms with Crippen molar-refractivity contribution in [2.75, 3.05) is 0 Å². The van der Waals surface area contributed by atoms with Crippen LogP contribution < -0.4 is 0 Å². The fourth-order valence-electron chi connectivity index (χ4n) is 9.24. The SMILES string of the molecule is c1ccc2c(c1)Cc1c(-c3ccc(-c4c5ccccc5c(-c5ccc(-c6cccc7c6Cc6ccccc6-7)cc5)c5ccccc45)cc3)cccc1-2. The van der Waals surface area contributed by atoms with E-state index in [-0.39, 0.29) is 0 Å². The number of hydrogen-bond donors (Lipinski definition) is 0. The summed E-state index contributed by atoms with van der Waals surface area (Å²) in [6.45, 7) is 0. The van der Waals surface area contributed by atoms with Crippen molar-refractivity contribution in [1.82, 2.24) is 0 Å². The first-order valence-electron chi connectivity index (χ1n) is 18.4. The van der Waals surface area contributed by atoms with Crippen molar-refractivity contribution in [3.05, 3.63) is 204 Å². The quantitative estimate of drug-likeness (QED) is 0.165. The lowest BCUT2D eigenvalue weighted by molar-refractivity contribution is 1.26. The molecule has 0 heteroatoms. The van der Waals surface area contributed by atoms with Crippen LogP contribution in [-0.4, -0.2) is 0 Å². The van der Waals surface area contributed by atoms with E-state index in [0.29, 0.717) is 0 Å². The van der Waals surface area contributed by atoms with Gasteiger partial charge in [-0.2, -0.15) is 0 Å². The molecule has 0 bridgehead atoms. The standard InChI is InChI=1S/C52H34/c1-3-13-41-37(11-1)31-49-39(19-9-21-43(41)49)33-23-27-35(28-24-33)51-45-15-5-7-17-47(45)52(48-18-8-6-16-46(48)51)36-29-25-34(26-30-36)40-20-10-22-44-42-14-4-2-12-38(42)32-50(40)44/h1-30H,31-32H2. The summed E-state index contributed by atoms with van der Waals surface area (Å²) in [6, 6.07) is 67.8. The van der Waals surface area contributed by atoms with Crippen LogP contribution in [-0.2, 0) is 12.8 Å². The fourth-order valence-corrected chi connectivity index (χ4v) is 9.24. The van der Waals surface area contributed by atoms with Gasteiger partial charge in [-0.05, 0) is 123 Å². The molecule has 9 aromatic rings. The maximum atomic E-state index is 2.33. The highest BCUT2D eigenvalue weighted by Crippen LogP contribution is 2.46. The molecule has 0 aliphatic heterocycles. The summed E-state index contributed by atoms with van der Waals surface area (Å²) in [7, 11) is 0. The lowest BCUT2D eigenvalue weighted by atomic mass is 9.85. The Labute approximate surface area is 304 Å². The van der Waals surface area contributed by atoms with E-state index >= 15 is 0 Å². The van der Waals surface area contributed by atoms with Crippen molar-refractivity contribution in [2.24, 2.45) is 0 Å². The van der Waals surface area contributed by atoms with Crippen LogP contribution in [0.4, 0.5) is 0 Å². The van der Waals surface area contributed by atoms with Gasteiger partial charge >= 0.3 is 0 Å². The fraction of sp³-hybridized carbons (Fsp3) is 0.0385. The molecule has 0 nitrogen and oxygen atoms in total. The number of rotatable bonds is 4. The zero-order chi connectivity index (χ0) is 34.2. The highest BCUT2D eigenvalue weighted by atomic mass is 14.3. The minimum absolute atomic E-state index is 0.989. The summed E-state index contributed by atoms with van der Waals surface area (Å²) in [6.07, 6.45) is 1.98. The van der Waals surface area contributed by atoms with E-state index in [1.165, 1.54) is 111 Å². The van der Waals surface area contributed by atoms with Crippen LogP contribution in [0.25, 0.3) is 88.3 Å². The third-order valence-corrected chi connectivity index (χ3v) is 11.6. The van der Waals surface area contributed by atoms with Gasteiger partial charge in [0, 0.05) is 0 Å². The second-order valence-corrected chi connectivity index (χ2v) is 14.3. The molecule has 0 fully saturated rings. The Bertz CT molecular complexity index is 2610. The second kappa shape index (κ2) is 11.5. The van der Waals surface area contributed by atoms with Gasteiger partial charge < -0.3 is 0 Å². The molecule has 0 N–H and O–H groups in total. The van der Waals surface area contributed by atoms with Crippen molar-refractivity contribution in [3.63, 3.8) is 0 Å². The average molecular weight is 659 g/mol. The molecule has 2 aliphatic carbocycles. The van der Waals surface area contributed by atoms with Crippen molar-refractivity contribution in [2.45, 2.75) is 12.8 Å². The van der Waals surface area contributed by atoms with E-state index in [1.54, 1.807) is 0 Å². The maximum absolute atomic E-state index is 2.33. The summed E-state index contributed by atoms with van der Waals surface area (Å²) in [5, 5.41) is 5.12. The zero-order valence-electron chi connectivity index (χ0n) is 28.7. The monoisotopic (exact) mass is 658 g/mol. The molecule has 2 aliphatic rings. The van der Waals surface area contributed by atoms with Crippen molar-refractivity contribution in [3.8, 4) is 66.8 Å². The zero-order valence-corrected chi connectivity index (χ0v) is 28.7. The van der Waals surface area contributed by atoms with E-state index in [0.717, 1.165) is 12.8 Å². The molecule has 0 radical (unpaired) electrons. The molecule has 9 aromatic carbocycles. The van der Waals surface area contributed by atoms with E-state index < -0.39 is 0 Å². The van der Waals surface area contributed by atoms with Gasteiger partial charge in [-0.25, -0.2) is 0 Å². The van der Waals surface area contributed by atoms with Gasteiger partial charge in [0.1, 0.15) is 0 Å². The molecule has 0 saturated heterocycles. The predicted molar refractivity (Wildman–Crippen MR) is 220 cm³/mol. The summed E-state index contributed by atoms with van der Waals surface area (Å²) >= 11 is 0. The summed E-state index contributed by atoms with van der Waals surface area (Å²) < 4.78 is 0. The predicted octanol–water partition coefficient (Wildman–Crippen LogP) is 13.8. The van der Waals surface area contributed by atoms with E-state index in [1.807, 2.05) is 0 Å². The topological polar surface area (TPSA) is 0 Å². The second-order valence-electron chi connectivity index (χ2n) is 14.3. The van der Waals surface area contributed by atoms with Crippen LogP contribution in [0, 0.1) is 0 Å². The van der Waals surface area contributed by atoms with Crippen molar-refractivity contribution < 1.29 is 0 Å².